The molecule has 0 aliphatic carbocycles. The van der Waals surface area contributed by atoms with Crippen molar-refractivity contribution < 1.29 is 76.4 Å². The minimum atomic E-state index is -4.66. The third-order valence-corrected chi connectivity index (χ3v) is 16.2. The fraction of sp³-hybridized carbons (Fsp3) is 0.0875. The first kappa shape index (κ1) is 78.4. The Morgan fingerprint density at radius 2 is 0.581 bits per heavy atom. The summed E-state index contributed by atoms with van der Waals surface area (Å²) in [4.78, 5) is 12.4. The summed E-state index contributed by atoms with van der Waals surface area (Å²) in [6, 6.07) is 69.4. The number of hydrogen-bond donors (Lipinski definition) is 0. The normalized spacial score (nSPS) is 11.6. The van der Waals surface area contributed by atoms with Crippen LogP contribution in [0.3, 0.4) is 0 Å². The Morgan fingerprint density at radius 1 is 0.291 bits per heavy atom. The van der Waals surface area contributed by atoms with E-state index >= 15 is 0 Å². The van der Waals surface area contributed by atoms with E-state index in [1.807, 2.05) is 140 Å². The number of fused-ring (bicyclic) bond motifs is 5. The van der Waals surface area contributed by atoms with Crippen LogP contribution in [0.15, 0.2) is 286 Å². The topological polar surface area (TPSA) is 262 Å². The molecule has 0 aliphatic rings. The van der Waals surface area contributed by atoms with Crippen molar-refractivity contribution in [3.05, 3.63) is 304 Å². The second-order valence-electron chi connectivity index (χ2n) is 24.8. The van der Waals surface area contributed by atoms with E-state index in [4.69, 9.17) is 14.2 Å². The van der Waals surface area contributed by atoms with Gasteiger partial charge in [-0.2, -0.15) is 63.1 Å². The van der Waals surface area contributed by atoms with Crippen LogP contribution >= 0.6 is 0 Å². The Bertz CT molecular complexity index is 6340. The SMILES string of the molecule is CC(F)(F)Oc1ccc(-c2ccc3nncn3n2)cc1.CC(F)(F)Oc1ccc(-c2cn3c(C(F)(F)F)nnc3cn2)cc1.FC(F)(F)c1nnc2cnc(-c3ccc(Oc4ccccc4)cc3)cn12.FC(F)c1nnc2cnc(-c3ccc(Oc4ccccc4)cc3)cn12.c1ccc(Oc2ccc(-c3ccc4nncn4n3)cc2)cc1. The van der Waals surface area contributed by atoms with Crippen LogP contribution in [0.2, 0.25) is 0 Å². The van der Waals surface area contributed by atoms with Crippen LogP contribution < -0.4 is 23.7 Å². The maximum absolute atomic E-state index is 13.0. The monoisotopic (exact) mass is 1600 g/mol. The van der Waals surface area contributed by atoms with Gasteiger partial charge in [-0.15, -0.1) is 51.0 Å². The molecule has 25 nitrogen and oxygen atoms in total. The summed E-state index contributed by atoms with van der Waals surface area (Å²) in [5.74, 6) is 1.70. The van der Waals surface area contributed by atoms with E-state index in [1.165, 1.54) is 71.9 Å². The molecule has 8 aromatic carbocycles. The maximum atomic E-state index is 13.0. The van der Waals surface area contributed by atoms with Gasteiger partial charge in [0, 0.05) is 60.3 Å². The molecular weight excluding hydrogens is 1550 g/mol. The van der Waals surface area contributed by atoms with Crippen molar-refractivity contribution in [2.45, 2.75) is 44.8 Å². The molecule has 0 aliphatic heterocycles. The summed E-state index contributed by atoms with van der Waals surface area (Å²) in [6.45, 7) is 1.30. The molecule has 0 fully saturated rings. The second-order valence-corrected chi connectivity index (χ2v) is 24.8. The number of nitrogens with zero attached hydrogens (tertiary/aromatic N) is 20. The molecule has 588 valence electrons. The lowest BCUT2D eigenvalue weighted by atomic mass is 10.1. The highest BCUT2D eigenvalue weighted by Crippen LogP contribution is 2.35. The van der Waals surface area contributed by atoms with Gasteiger partial charge < -0.3 is 23.7 Å². The number of aromatic nitrogens is 20. The van der Waals surface area contributed by atoms with Gasteiger partial charge in [-0.3, -0.25) is 28.2 Å². The number of ether oxygens (including phenoxy) is 5. The van der Waals surface area contributed by atoms with Gasteiger partial charge in [0.25, 0.3) is 6.43 Å². The van der Waals surface area contributed by atoms with E-state index in [0.717, 1.165) is 66.5 Å². The van der Waals surface area contributed by atoms with Gasteiger partial charge in [0.05, 0.1) is 47.1 Å². The zero-order valence-corrected chi connectivity index (χ0v) is 60.2. The Balaban J connectivity index is 0.000000121. The summed E-state index contributed by atoms with van der Waals surface area (Å²) >= 11 is 0. The highest BCUT2D eigenvalue weighted by Gasteiger charge is 2.38. The predicted octanol–water partition coefficient (Wildman–Crippen LogP) is 19.3. The van der Waals surface area contributed by atoms with Gasteiger partial charge in [0.1, 0.15) is 58.7 Å². The zero-order chi connectivity index (χ0) is 81.9. The fourth-order valence-corrected chi connectivity index (χ4v) is 10.9. The van der Waals surface area contributed by atoms with E-state index in [0.29, 0.717) is 65.0 Å². The first-order valence-electron chi connectivity index (χ1n) is 34.5. The third-order valence-electron chi connectivity index (χ3n) is 16.2. The van der Waals surface area contributed by atoms with Gasteiger partial charge in [0.2, 0.25) is 17.5 Å². The number of rotatable bonds is 16. The van der Waals surface area contributed by atoms with Gasteiger partial charge in [-0.1, -0.05) is 54.6 Å². The van der Waals surface area contributed by atoms with E-state index in [1.54, 1.807) is 76.0 Å². The highest BCUT2D eigenvalue weighted by molar-refractivity contribution is 5.65. The molecule has 0 bridgehead atoms. The van der Waals surface area contributed by atoms with Gasteiger partial charge in [-0.25, -0.2) is 8.78 Å². The standard InChI is InChI=1S/C18H11F3N4O.C18H12F2N4O.C17H12N4O.C14H9F5N4O.C13H10F2N4O/c19-18(20,21)17-24-23-16-10-22-15(11-25(16)17)12-6-8-14(9-7-12)26-13-4-2-1-3-5-13;19-17(20)18-23-22-16-10-21-15(11-24(16)18)12-6-8-14(9-7-12)25-13-4-2-1-3-5-13;1-2-4-14(5-3-1)22-15-8-6-13(7-9-15)16-10-11-17-19-18-12-21(17)20-16;1-13(15,16)24-9-4-2-8(3-5-9)10-7-23-11(6-20-10)21-22-12(23)14(17,18)19;1-13(14,15)20-10-4-2-9(3-5-10)11-6-7-12-17-16-8-19(12)18-11/h1-11H;1-11,17H;1-12H;2-7H,1H3;2-8H,1H3. The van der Waals surface area contributed by atoms with Crippen molar-refractivity contribution in [3.63, 3.8) is 0 Å². The van der Waals surface area contributed by atoms with Gasteiger partial charge in [-0.05, 0) is 182 Å². The molecule has 0 spiro atoms. The van der Waals surface area contributed by atoms with Crippen LogP contribution in [0.5, 0.6) is 46.0 Å². The Morgan fingerprint density at radius 3 is 0.897 bits per heavy atom. The lowest BCUT2D eigenvalue weighted by Crippen LogP contribution is -2.18. The van der Waals surface area contributed by atoms with Crippen molar-refractivity contribution in [1.82, 2.24) is 98.4 Å². The molecule has 0 radical (unpaired) electrons. The lowest BCUT2D eigenvalue weighted by Gasteiger charge is -2.13. The first-order chi connectivity index (χ1) is 56.2. The lowest BCUT2D eigenvalue weighted by molar-refractivity contribution is -0.159. The predicted molar refractivity (Wildman–Crippen MR) is 398 cm³/mol. The average Bonchev–Trinajstić information content (AvgIpc) is 1.67. The number of halogens is 12. The molecule has 0 atom stereocenters. The molecule has 0 amide bonds. The molecule has 18 rings (SSSR count). The van der Waals surface area contributed by atoms with Crippen LogP contribution in [-0.4, -0.2) is 111 Å². The van der Waals surface area contributed by atoms with Crippen molar-refractivity contribution in [2.75, 3.05) is 0 Å². The molecular formula is C80H54F12N20O5. The van der Waals surface area contributed by atoms with Crippen LogP contribution in [0.25, 0.3) is 84.5 Å². The van der Waals surface area contributed by atoms with Crippen LogP contribution in [0, 0.1) is 0 Å². The van der Waals surface area contributed by atoms with Crippen LogP contribution in [-0.2, 0) is 12.4 Å². The minimum Gasteiger partial charge on any atom is -0.457 e. The average molecular weight is 1600 g/mol. The molecule has 37 heteroatoms. The molecule has 0 unspecified atom stereocenters. The Kier molecular flexibility index (Phi) is 22.7. The molecule has 10 heterocycles. The quantitative estimate of drug-likeness (QED) is 0.0814. The van der Waals surface area contributed by atoms with Gasteiger partial charge >= 0.3 is 24.6 Å². The van der Waals surface area contributed by atoms with E-state index < -0.39 is 48.5 Å². The Labute approximate surface area is 651 Å². The second kappa shape index (κ2) is 33.9. The molecule has 0 N–H and O–H groups in total. The molecule has 0 saturated carbocycles. The first-order valence-corrected chi connectivity index (χ1v) is 34.5. The van der Waals surface area contributed by atoms with Crippen LogP contribution in [0.4, 0.5) is 52.7 Å². The molecule has 0 saturated heterocycles. The summed E-state index contributed by atoms with van der Waals surface area (Å²) in [5.41, 5.74) is 7.92. The van der Waals surface area contributed by atoms with Crippen molar-refractivity contribution in [1.29, 1.82) is 0 Å². The van der Waals surface area contributed by atoms with Gasteiger partial charge in [0.15, 0.2) is 28.2 Å². The third kappa shape index (κ3) is 20.1. The van der Waals surface area contributed by atoms with Crippen molar-refractivity contribution in [3.8, 4) is 102 Å². The molecule has 117 heavy (non-hydrogen) atoms. The van der Waals surface area contributed by atoms with E-state index in [-0.39, 0.29) is 34.1 Å². The smallest absolute Gasteiger partial charge is 0.452 e. The fourth-order valence-electron chi connectivity index (χ4n) is 10.9. The minimum absolute atomic E-state index is 0.0325. The summed E-state index contributed by atoms with van der Waals surface area (Å²) in [7, 11) is 0. The van der Waals surface area contributed by atoms with Crippen molar-refractivity contribution >= 4 is 28.2 Å². The van der Waals surface area contributed by atoms with Crippen LogP contribution in [0.1, 0.15) is 37.7 Å². The number of hydrogen-bond acceptors (Lipinski definition) is 20. The van der Waals surface area contributed by atoms with E-state index in [2.05, 4.69) is 85.6 Å². The largest absolute Gasteiger partial charge is 0.457 e. The molecule has 10 aromatic heterocycles. The maximum Gasteiger partial charge on any atom is 0.452 e. The Hall–Kier alpha value is -15.3. The number of para-hydroxylation sites is 3. The summed E-state index contributed by atoms with van der Waals surface area (Å²) < 4.78 is 187. The van der Waals surface area contributed by atoms with Crippen molar-refractivity contribution in [2.24, 2.45) is 0 Å². The summed E-state index contributed by atoms with van der Waals surface area (Å²) in [6.07, 6.45) is -7.68. The van der Waals surface area contributed by atoms with E-state index in [9.17, 15) is 52.7 Å². The number of benzene rings is 8. The highest BCUT2D eigenvalue weighted by atomic mass is 19.4. The number of alkyl halides is 12. The zero-order valence-electron chi connectivity index (χ0n) is 60.2. The summed E-state index contributed by atoms with van der Waals surface area (Å²) in [5, 5.41) is 44.5. The molecule has 18 aromatic rings.